The number of hydrogen-bond donors (Lipinski definition) is 2. The van der Waals surface area contributed by atoms with Gasteiger partial charge in [0.1, 0.15) is 12.9 Å². The smallest absolute Gasteiger partial charge is 0.218 e. The molecular formula is C18H19BrN4O2. The number of rotatable bonds is 7. The molecule has 25 heavy (non-hydrogen) atoms. The highest BCUT2D eigenvalue weighted by Gasteiger charge is 2.13. The minimum atomic E-state index is 0.483. The highest BCUT2D eigenvalue weighted by Crippen LogP contribution is 2.37. The molecule has 3 rings (SSSR count). The third-order valence-electron chi connectivity index (χ3n) is 3.80. The second-order valence-corrected chi connectivity index (χ2v) is 6.37. The van der Waals surface area contributed by atoms with Crippen molar-refractivity contribution in [1.29, 1.82) is 0 Å². The van der Waals surface area contributed by atoms with Crippen LogP contribution in [0, 0.1) is 6.92 Å². The van der Waals surface area contributed by atoms with E-state index in [1.807, 2.05) is 24.3 Å². The summed E-state index contributed by atoms with van der Waals surface area (Å²) >= 11 is 3.58. The Labute approximate surface area is 154 Å². The van der Waals surface area contributed by atoms with Crippen LogP contribution < -0.4 is 14.8 Å². The molecule has 0 aliphatic heterocycles. The number of aryl methyl sites for hydroxylation is 1. The van der Waals surface area contributed by atoms with Crippen molar-refractivity contribution in [3.05, 3.63) is 63.9 Å². The summed E-state index contributed by atoms with van der Waals surface area (Å²) in [6.07, 6.45) is 1.46. The van der Waals surface area contributed by atoms with E-state index >= 15 is 0 Å². The van der Waals surface area contributed by atoms with E-state index in [0.29, 0.717) is 30.6 Å². The van der Waals surface area contributed by atoms with Gasteiger partial charge in [0.05, 0.1) is 11.6 Å². The van der Waals surface area contributed by atoms with Crippen LogP contribution in [0.3, 0.4) is 0 Å². The lowest BCUT2D eigenvalue weighted by atomic mass is 10.1. The lowest BCUT2D eigenvalue weighted by molar-refractivity contribution is 0.282. The minimum absolute atomic E-state index is 0.483. The molecule has 0 fully saturated rings. The number of hydrogen-bond acceptors (Lipinski definition) is 5. The van der Waals surface area contributed by atoms with Crippen LogP contribution >= 0.6 is 15.9 Å². The van der Waals surface area contributed by atoms with Crippen molar-refractivity contribution in [2.45, 2.75) is 20.1 Å². The highest BCUT2D eigenvalue weighted by atomic mass is 79.9. The fourth-order valence-electron chi connectivity index (χ4n) is 2.41. The normalized spacial score (nSPS) is 10.5. The third-order valence-corrected chi connectivity index (χ3v) is 4.39. The van der Waals surface area contributed by atoms with Gasteiger partial charge in [0, 0.05) is 6.54 Å². The Morgan fingerprint density at radius 3 is 2.80 bits per heavy atom. The van der Waals surface area contributed by atoms with Crippen LogP contribution in [0.15, 0.2) is 47.2 Å². The fourth-order valence-corrected chi connectivity index (χ4v) is 3.02. The molecule has 2 N–H and O–H groups in total. The molecule has 0 aliphatic rings. The summed E-state index contributed by atoms with van der Waals surface area (Å²) in [6, 6.07) is 12.1. The van der Waals surface area contributed by atoms with Gasteiger partial charge in [-0.2, -0.15) is 5.10 Å². The Morgan fingerprint density at radius 2 is 2.08 bits per heavy atom. The summed E-state index contributed by atoms with van der Waals surface area (Å²) in [4.78, 5) is 4.04. The number of anilines is 1. The summed E-state index contributed by atoms with van der Waals surface area (Å²) in [6.45, 7) is 3.14. The molecular weight excluding hydrogens is 384 g/mol. The molecule has 6 nitrogen and oxygen atoms in total. The Hall–Kier alpha value is -2.54. The van der Waals surface area contributed by atoms with E-state index in [1.54, 1.807) is 7.11 Å². The van der Waals surface area contributed by atoms with Crippen LogP contribution in [0.4, 0.5) is 5.95 Å². The molecule has 3 aromatic rings. The lowest BCUT2D eigenvalue weighted by Crippen LogP contribution is -2.04. The molecule has 0 unspecified atom stereocenters. The zero-order chi connectivity index (χ0) is 17.6. The van der Waals surface area contributed by atoms with Crippen LogP contribution in [-0.2, 0) is 13.2 Å². The summed E-state index contributed by atoms with van der Waals surface area (Å²) < 4.78 is 12.4. The number of halogens is 1. The quantitative estimate of drug-likeness (QED) is 0.622. The predicted molar refractivity (Wildman–Crippen MR) is 99.9 cm³/mol. The average Bonchev–Trinajstić information content (AvgIpc) is 3.13. The maximum Gasteiger partial charge on any atom is 0.218 e. The van der Waals surface area contributed by atoms with E-state index in [9.17, 15) is 0 Å². The van der Waals surface area contributed by atoms with E-state index in [-0.39, 0.29) is 0 Å². The van der Waals surface area contributed by atoms with Crippen molar-refractivity contribution in [2.24, 2.45) is 0 Å². The topological polar surface area (TPSA) is 72.1 Å². The number of methoxy groups -OCH3 is 1. The number of nitrogens with one attached hydrogen (secondary N) is 2. The van der Waals surface area contributed by atoms with Crippen molar-refractivity contribution in [3.63, 3.8) is 0 Å². The van der Waals surface area contributed by atoms with Crippen LogP contribution in [-0.4, -0.2) is 22.3 Å². The number of ether oxygens (including phenoxy) is 2. The molecule has 1 heterocycles. The van der Waals surface area contributed by atoms with E-state index in [2.05, 4.69) is 55.5 Å². The summed E-state index contributed by atoms with van der Waals surface area (Å²) in [7, 11) is 1.63. The Bertz CT molecular complexity index is 837. The summed E-state index contributed by atoms with van der Waals surface area (Å²) in [5.74, 6) is 1.99. The fraction of sp³-hybridized carbons (Fsp3) is 0.222. The molecule has 130 valence electrons. The summed E-state index contributed by atoms with van der Waals surface area (Å²) in [5, 5.41) is 9.73. The molecule has 1 aromatic heterocycles. The second-order valence-electron chi connectivity index (χ2n) is 5.51. The Balaban J connectivity index is 1.74. The number of aromatic nitrogens is 3. The highest BCUT2D eigenvalue weighted by molar-refractivity contribution is 9.10. The van der Waals surface area contributed by atoms with Gasteiger partial charge in [0.15, 0.2) is 11.5 Å². The Morgan fingerprint density at radius 1 is 1.24 bits per heavy atom. The van der Waals surface area contributed by atoms with Gasteiger partial charge in [-0.1, -0.05) is 24.3 Å². The second kappa shape index (κ2) is 8.02. The van der Waals surface area contributed by atoms with Crippen molar-refractivity contribution < 1.29 is 9.47 Å². The number of H-pyrrole nitrogens is 1. The molecule has 0 radical (unpaired) electrons. The standard InChI is InChI=1S/C18H19BrN4O2/c1-12-5-3-4-6-14(12)10-25-17-15(19)7-13(8-16(17)24-2)9-20-18-21-11-22-23-18/h3-8,11H,9-10H2,1-2H3,(H2,20,21,22,23). The first-order valence-corrected chi connectivity index (χ1v) is 8.59. The van der Waals surface area contributed by atoms with Crippen LogP contribution in [0.1, 0.15) is 16.7 Å². The molecule has 0 bridgehead atoms. The minimum Gasteiger partial charge on any atom is -0.493 e. The molecule has 2 aromatic carbocycles. The van der Waals surface area contributed by atoms with E-state index < -0.39 is 0 Å². The van der Waals surface area contributed by atoms with Gasteiger partial charge in [0.25, 0.3) is 0 Å². The lowest BCUT2D eigenvalue weighted by Gasteiger charge is -2.15. The monoisotopic (exact) mass is 402 g/mol. The van der Waals surface area contributed by atoms with Gasteiger partial charge < -0.3 is 14.8 Å². The zero-order valence-electron chi connectivity index (χ0n) is 14.0. The SMILES string of the molecule is COc1cc(CNc2ncn[nH]2)cc(Br)c1OCc1ccccc1C. The van der Waals surface area contributed by atoms with Gasteiger partial charge >= 0.3 is 0 Å². The van der Waals surface area contributed by atoms with Gasteiger partial charge in [-0.05, 0) is 51.7 Å². The molecule has 0 spiro atoms. The summed E-state index contributed by atoms with van der Waals surface area (Å²) in [5.41, 5.74) is 3.38. The third kappa shape index (κ3) is 4.30. The van der Waals surface area contributed by atoms with E-state index in [0.717, 1.165) is 15.6 Å². The van der Waals surface area contributed by atoms with Crippen LogP contribution in [0.5, 0.6) is 11.5 Å². The Kier molecular flexibility index (Phi) is 5.55. The molecule has 0 saturated heterocycles. The van der Waals surface area contributed by atoms with Gasteiger partial charge in [-0.3, -0.25) is 0 Å². The van der Waals surface area contributed by atoms with E-state index in [4.69, 9.17) is 9.47 Å². The number of benzene rings is 2. The van der Waals surface area contributed by atoms with Gasteiger partial charge in [-0.15, -0.1) is 0 Å². The average molecular weight is 403 g/mol. The molecule has 7 heteroatoms. The van der Waals surface area contributed by atoms with Crippen molar-refractivity contribution in [1.82, 2.24) is 15.2 Å². The van der Waals surface area contributed by atoms with E-state index in [1.165, 1.54) is 11.9 Å². The maximum absolute atomic E-state index is 6.01. The molecule has 0 saturated carbocycles. The largest absolute Gasteiger partial charge is 0.493 e. The zero-order valence-corrected chi connectivity index (χ0v) is 15.6. The maximum atomic E-state index is 6.01. The van der Waals surface area contributed by atoms with Crippen molar-refractivity contribution in [2.75, 3.05) is 12.4 Å². The first-order valence-electron chi connectivity index (χ1n) is 7.80. The number of nitrogens with zero attached hydrogens (tertiary/aromatic N) is 2. The molecule has 0 aliphatic carbocycles. The van der Waals surface area contributed by atoms with Gasteiger partial charge in [-0.25, -0.2) is 10.1 Å². The first-order chi connectivity index (χ1) is 12.2. The number of aromatic amines is 1. The van der Waals surface area contributed by atoms with Crippen LogP contribution in [0.25, 0.3) is 0 Å². The first kappa shape index (κ1) is 17.3. The van der Waals surface area contributed by atoms with Gasteiger partial charge in [0.2, 0.25) is 5.95 Å². The van der Waals surface area contributed by atoms with Crippen LogP contribution in [0.2, 0.25) is 0 Å². The van der Waals surface area contributed by atoms with Crippen molar-refractivity contribution >= 4 is 21.9 Å². The van der Waals surface area contributed by atoms with Crippen molar-refractivity contribution in [3.8, 4) is 11.5 Å². The molecule has 0 atom stereocenters. The molecule has 0 amide bonds. The predicted octanol–water partition coefficient (Wildman–Crippen LogP) is 4.08.